The van der Waals surface area contributed by atoms with Crippen LogP contribution in [-0.2, 0) is 23.1 Å². The summed E-state index contributed by atoms with van der Waals surface area (Å²) in [6.07, 6.45) is 1.84. The lowest BCUT2D eigenvalue weighted by Gasteiger charge is -2.17. The highest BCUT2D eigenvalue weighted by Crippen LogP contribution is 2.46. The molecule has 0 saturated carbocycles. The number of ether oxygens (including phenoxy) is 1. The quantitative estimate of drug-likeness (QED) is 0.355. The first-order chi connectivity index (χ1) is 8.58. The van der Waals surface area contributed by atoms with Gasteiger partial charge in [-0.25, -0.2) is 0 Å². The molecular weight excluding hydrogens is 257 g/mol. The molecule has 18 heavy (non-hydrogen) atoms. The van der Waals surface area contributed by atoms with Gasteiger partial charge in [-0.3, -0.25) is 14.7 Å². The highest BCUT2D eigenvalue weighted by molar-refractivity contribution is 7.53. The molecule has 0 spiro atoms. The number of carbonyl (C=O) groups excluding carboxylic acids is 1. The second kappa shape index (κ2) is 10.5. The standard InChI is InChI=1S/C11H24NO5P/c1-4-7-8-15-11(13)9-12-10-18(14,16-5-2)17-6-3/h12H,4-10H2,1-3H3. The number of hydrogen-bond donors (Lipinski definition) is 1. The summed E-state index contributed by atoms with van der Waals surface area (Å²) < 4.78 is 27.1. The number of nitrogens with one attached hydrogen (secondary N) is 1. The van der Waals surface area contributed by atoms with Crippen LogP contribution in [0, 0.1) is 0 Å². The minimum atomic E-state index is -3.13. The SMILES string of the molecule is CCCCOC(=O)CNCP(=O)(OCC)OCC. The zero-order valence-corrected chi connectivity index (χ0v) is 12.3. The molecule has 7 heteroatoms. The summed E-state index contributed by atoms with van der Waals surface area (Å²) in [5.74, 6) is -0.358. The van der Waals surface area contributed by atoms with Crippen molar-refractivity contribution in [2.75, 3.05) is 32.7 Å². The van der Waals surface area contributed by atoms with Crippen molar-refractivity contribution in [1.82, 2.24) is 5.32 Å². The summed E-state index contributed by atoms with van der Waals surface area (Å²) in [5.41, 5.74) is 0. The van der Waals surface area contributed by atoms with E-state index in [0.717, 1.165) is 12.8 Å². The Morgan fingerprint density at radius 3 is 2.28 bits per heavy atom. The summed E-state index contributed by atoms with van der Waals surface area (Å²) in [6.45, 7) is 6.54. The predicted octanol–water partition coefficient (Wildman–Crippen LogP) is 2.14. The molecule has 0 saturated heterocycles. The maximum Gasteiger partial charge on any atom is 0.344 e. The Kier molecular flexibility index (Phi) is 10.3. The van der Waals surface area contributed by atoms with E-state index in [1.54, 1.807) is 13.8 Å². The lowest BCUT2D eigenvalue weighted by atomic mass is 10.4. The van der Waals surface area contributed by atoms with Gasteiger partial charge in [0.05, 0.1) is 32.7 Å². The summed E-state index contributed by atoms with van der Waals surface area (Å²) in [5, 5.41) is 2.73. The van der Waals surface area contributed by atoms with Crippen LogP contribution in [0.3, 0.4) is 0 Å². The Morgan fingerprint density at radius 2 is 1.78 bits per heavy atom. The average molecular weight is 281 g/mol. The molecule has 6 nitrogen and oxygen atoms in total. The van der Waals surface area contributed by atoms with E-state index in [1.165, 1.54) is 0 Å². The molecule has 0 aromatic carbocycles. The molecule has 0 heterocycles. The van der Waals surface area contributed by atoms with Crippen LogP contribution < -0.4 is 5.32 Å². The van der Waals surface area contributed by atoms with Gasteiger partial charge >= 0.3 is 13.6 Å². The van der Waals surface area contributed by atoms with Crippen LogP contribution in [0.15, 0.2) is 0 Å². The highest BCUT2D eigenvalue weighted by Gasteiger charge is 2.23. The maximum absolute atomic E-state index is 12.0. The molecule has 0 amide bonds. The molecule has 0 fully saturated rings. The summed E-state index contributed by atoms with van der Waals surface area (Å²) in [4.78, 5) is 11.3. The molecular formula is C11H24NO5P. The van der Waals surface area contributed by atoms with Crippen LogP contribution in [0.2, 0.25) is 0 Å². The average Bonchev–Trinajstić information content (AvgIpc) is 2.30. The fraction of sp³-hybridized carbons (Fsp3) is 0.909. The molecule has 0 aromatic rings. The summed E-state index contributed by atoms with van der Waals surface area (Å²) in [6, 6.07) is 0. The second-order valence-corrected chi connectivity index (χ2v) is 5.66. The van der Waals surface area contributed by atoms with Crippen LogP contribution in [0.5, 0.6) is 0 Å². The monoisotopic (exact) mass is 281 g/mol. The van der Waals surface area contributed by atoms with Crippen molar-refractivity contribution < 1.29 is 23.1 Å². The van der Waals surface area contributed by atoms with E-state index in [1.807, 2.05) is 6.92 Å². The molecule has 0 radical (unpaired) electrons. The Hall–Kier alpha value is -0.420. The topological polar surface area (TPSA) is 73.9 Å². The van der Waals surface area contributed by atoms with Crippen LogP contribution in [0.4, 0.5) is 0 Å². The number of hydrogen-bond acceptors (Lipinski definition) is 6. The Morgan fingerprint density at radius 1 is 1.17 bits per heavy atom. The Balaban J connectivity index is 3.84. The van der Waals surface area contributed by atoms with E-state index in [0.29, 0.717) is 19.8 Å². The first kappa shape index (κ1) is 17.6. The van der Waals surface area contributed by atoms with Gasteiger partial charge < -0.3 is 13.8 Å². The minimum Gasteiger partial charge on any atom is -0.465 e. The van der Waals surface area contributed by atoms with Gasteiger partial charge in [-0.1, -0.05) is 13.3 Å². The zero-order valence-electron chi connectivity index (χ0n) is 11.4. The van der Waals surface area contributed by atoms with E-state index >= 15 is 0 Å². The lowest BCUT2D eigenvalue weighted by Crippen LogP contribution is -2.26. The molecule has 0 rings (SSSR count). The second-order valence-electron chi connectivity index (χ2n) is 3.61. The predicted molar refractivity (Wildman–Crippen MR) is 69.6 cm³/mol. The summed E-state index contributed by atoms with van der Waals surface area (Å²) in [7, 11) is -3.13. The molecule has 0 bridgehead atoms. The highest BCUT2D eigenvalue weighted by atomic mass is 31.2. The van der Waals surface area contributed by atoms with E-state index in [4.69, 9.17) is 13.8 Å². The van der Waals surface area contributed by atoms with Crippen molar-refractivity contribution in [2.45, 2.75) is 33.6 Å². The van der Waals surface area contributed by atoms with Gasteiger partial charge in [-0.15, -0.1) is 0 Å². The molecule has 0 aliphatic carbocycles. The van der Waals surface area contributed by atoms with Crippen molar-refractivity contribution in [2.24, 2.45) is 0 Å². The number of esters is 1. The minimum absolute atomic E-state index is 0.00779. The smallest absolute Gasteiger partial charge is 0.344 e. The molecule has 0 aliphatic heterocycles. The Labute approximate surface area is 109 Å². The molecule has 1 N–H and O–H groups in total. The molecule has 0 unspecified atom stereocenters. The molecule has 108 valence electrons. The van der Waals surface area contributed by atoms with Crippen LogP contribution >= 0.6 is 7.60 Å². The summed E-state index contributed by atoms with van der Waals surface area (Å²) >= 11 is 0. The van der Waals surface area contributed by atoms with Crippen molar-refractivity contribution in [3.05, 3.63) is 0 Å². The van der Waals surface area contributed by atoms with Gasteiger partial charge in [0.2, 0.25) is 0 Å². The van der Waals surface area contributed by atoms with Gasteiger partial charge in [0.1, 0.15) is 0 Å². The van der Waals surface area contributed by atoms with E-state index < -0.39 is 7.60 Å². The number of carbonyl (C=O) groups is 1. The largest absolute Gasteiger partial charge is 0.465 e. The van der Waals surface area contributed by atoms with E-state index in [2.05, 4.69) is 5.32 Å². The molecule has 0 aromatic heterocycles. The van der Waals surface area contributed by atoms with Gasteiger partial charge in [-0.2, -0.15) is 0 Å². The number of unbranched alkanes of at least 4 members (excludes halogenated alkanes) is 1. The number of rotatable bonds is 11. The van der Waals surface area contributed by atoms with Crippen molar-refractivity contribution in [1.29, 1.82) is 0 Å². The first-order valence-electron chi connectivity index (χ1n) is 6.32. The van der Waals surface area contributed by atoms with Crippen LogP contribution in [-0.4, -0.2) is 38.6 Å². The van der Waals surface area contributed by atoms with Gasteiger partial charge in [0.25, 0.3) is 0 Å². The van der Waals surface area contributed by atoms with Gasteiger partial charge in [0.15, 0.2) is 0 Å². The molecule has 0 atom stereocenters. The molecule has 0 aliphatic rings. The maximum atomic E-state index is 12.0. The fourth-order valence-corrected chi connectivity index (χ4v) is 2.63. The third-order valence-electron chi connectivity index (χ3n) is 1.99. The van der Waals surface area contributed by atoms with Crippen LogP contribution in [0.25, 0.3) is 0 Å². The first-order valence-corrected chi connectivity index (χ1v) is 8.05. The van der Waals surface area contributed by atoms with Crippen molar-refractivity contribution in [3.63, 3.8) is 0 Å². The fourth-order valence-electron chi connectivity index (χ4n) is 1.20. The van der Waals surface area contributed by atoms with Gasteiger partial charge in [-0.05, 0) is 20.3 Å². The third-order valence-corrected chi connectivity index (χ3v) is 3.90. The lowest BCUT2D eigenvalue weighted by molar-refractivity contribution is -0.142. The van der Waals surface area contributed by atoms with Crippen LogP contribution in [0.1, 0.15) is 33.6 Å². The normalized spacial score (nSPS) is 11.5. The Bertz CT molecular complexity index is 262. The third kappa shape index (κ3) is 8.64. The van der Waals surface area contributed by atoms with E-state index in [-0.39, 0.29) is 18.8 Å². The zero-order chi connectivity index (χ0) is 13.9. The van der Waals surface area contributed by atoms with Crippen molar-refractivity contribution in [3.8, 4) is 0 Å². The van der Waals surface area contributed by atoms with Gasteiger partial charge in [0, 0.05) is 0 Å². The van der Waals surface area contributed by atoms with E-state index in [9.17, 15) is 9.36 Å². The van der Waals surface area contributed by atoms with Crippen molar-refractivity contribution >= 4 is 13.6 Å².